The topological polar surface area (TPSA) is 63.1 Å². The summed E-state index contributed by atoms with van der Waals surface area (Å²) >= 11 is 5.82. The third-order valence-electron chi connectivity index (χ3n) is 5.46. The summed E-state index contributed by atoms with van der Waals surface area (Å²) in [6.45, 7) is 3.77. The van der Waals surface area contributed by atoms with E-state index in [-0.39, 0.29) is 16.8 Å². The lowest BCUT2D eigenvalue weighted by molar-refractivity contribution is -0.125. The van der Waals surface area contributed by atoms with Crippen LogP contribution in [0.3, 0.4) is 0 Å². The lowest BCUT2D eigenvalue weighted by Crippen LogP contribution is -2.43. The number of rotatable bonds is 4. The molecule has 0 aliphatic carbocycles. The second-order valence-corrected chi connectivity index (χ2v) is 7.90. The van der Waals surface area contributed by atoms with Crippen LogP contribution in [-0.2, 0) is 18.4 Å². The number of pyridine rings is 1. The van der Waals surface area contributed by atoms with Gasteiger partial charge in [0.15, 0.2) is 5.82 Å². The first kappa shape index (κ1) is 19.6. The molecule has 1 unspecified atom stereocenters. The average Bonchev–Trinajstić information content (AvgIpc) is 3.02. The summed E-state index contributed by atoms with van der Waals surface area (Å²) in [5.74, 6) is 0.264. The Balaban J connectivity index is 1.47. The lowest BCUT2D eigenvalue weighted by atomic mass is 9.97. The molecule has 1 amide bonds. The van der Waals surface area contributed by atoms with E-state index in [4.69, 9.17) is 11.6 Å². The van der Waals surface area contributed by atoms with Crippen LogP contribution in [0.1, 0.15) is 24.1 Å². The van der Waals surface area contributed by atoms with Crippen molar-refractivity contribution in [2.75, 3.05) is 18.0 Å². The SMILES string of the molecule is Cc1nn(C)c2c(N3CCCC(C(=O)NCc4ccc(F)c(Cl)c4)C3)nccc12. The standard InChI is InChI=1S/C21H23ClFN5O/c1-13-16-7-8-24-20(19(16)27(2)26-13)28-9-3-4-15(12-28)21(29)25-11-14-5-6-18(23)17(22)10-14/h5-8,10,15H,3-4,9,11-12H2,1-2H3,(H,25,29). The molecule has 2 aromatic heterocycles. The van der Waals surface area contributed by atoms with Crippen LogP contribution in [0.4, 0.5) is 10.2 Å². The van der Waals surface area contributed by atoms with Gasteiger partial charge >= 0.3 is 0 Å². The summed E-state index contributed by atoms with van der Waals surface area (Å²) in [7, 11) is 1.92. The number of aryl methyl sites for hydroxylation is 2. The molecule has 1 fully saturated rings. The molecule has 0 saturated carbocycles. The Morgan fingerprint density at radius 3 is 3.00 bits per heavy atom. The van der Waals surface area contributed by atoms with Gasteiger partial charge in [-0.05, 0) is 43.5 Å². The Kier molecular flexibility index (Phi) is 5.41. The number of nitrogens with one attached hydrogen (secondary N) is 1. The molecule has 1 aromatic carbocycles. The quantitative estimate of drug-likeness (QED) is 0.707. The molecule has 8 heteroatoms. The zero-order valence-corrected chi connectivity index (χ0v) is 17.2. The number of carbonyl (C=O) groups is 1. The van der Waals surface area contributed by atoms with Gasteiger partial charge in [0.25, 0.3) is 0 Å². The number of fused-ring (bicyclic) bond motifs is 1. The maximum absolute atomic E-state index is 13.3. The van der Waals surface area contributed by atoms with Crippen LogP contribution in [-0.4, -0.2) is 33.8 Å². The van der Waals surface area contributed by atoms with Crippen molar-refractivity contribution in [1.82, 2.24) is 20.1 Å². The van der Waals surface area contributed by atoms with Crippen LogP contribution in [0, 0.1) is 18.7 Å². The van der Waals surface area contributed by atoms with Gasteiger partial charge in [0, 0.05) is 38.3 Å². The van der Waals surface area contributed by atoms with E-state index in [9.17, 15) is 9.18 Å². The number of benzene rings is 1. The van der Waals surface area contributed by atoms with Crippen molar-refractivity contribution < 1.29 is 9.18 Å². The maximum Gasteiger partial charge on any atom is 0.225 e. The molecule has 1 atom stereocenters. The van der Waals surface area contributed by atoms with E-state index < -0.39 is 5.82 Å². The Bertz CT molecular complexity index is 1070. The molecule has 1 saturated heterocycles. The van der Waals surface area contributed by atoms with Crippen LogP contribution in [0.2, 0.25) is 5.02 Å². The van der Waals surface area contributed by atoms with Gasteiger partial charge in [-0.2, -0.15) is 5.10 Å². The first-order valence-electron chi connectivity index (χ1n) is 9.69. The van der Waals surface area contributed by atoms with Crippen LogP contribution < -0.4 is 10.2 Å². The first-order chi connectivity index (χ1) is 13.9. The maximum atomic E-state index is 13.3. The zero-order valence-electron chi connectivity index (χ0n) is 16.5. The predicted molar refractivity (Wildman–Crippen MR) is 111 cm³/mol. The molecule has 3 aromatic rings. The van der Waals surface area contributed by atoms with E-state index in [0.717, 1.165) is 47.4 Å². The van der Waals surface area contributed by atoms with Gasteiger partial charge in [-0.1, -0.05) is 17.7 Å². The molecule has 1 N–H and O–H groups in total. The van der Waals surface area contributed by atoms with Gasteiger partial charge in [-0.25, -0.2) is 9.37 Å². The number of amides is 1. The smallest absolute Gasteiger partial charge is 0.225 e. The summed E-state index contributed by atoms with van der Waals surface area (Å²) in [5.41, 5.74) is 2.73. The van der Waals surface area contributed by atoms with E-state index in [0.29, 0.717) is 13.1 Å². The molecule has 0 spiro atoms. The number of nitrogens with zero attached hydrogens (tertiary/aromatic N) is 4. The molecule has 6 nitrogen and oxygen atoms in total. The predicted octanol–water partition coefficient (Wildman–Crippen LogP) is 3.60. The van der Waals surface area contributed by atoms with Crippen LogP contribution in [0.25, 0.3) is 10.9 Å². The Hall–Kier alpha value is -2.67. The number of aromatic nitrogens is 3. The molecule has 0 radical (unpaired) electrons. The van der Waals surface area contributed by atoms with Crippen molar-refractivity contribution in [2.45, 2.75) is 26.3 Å². The summed E-state index contributed by atoms with van der Waals surface area (Å²) in [6.07, 6.45) is 3.54. The molecule has 152 valence electrons. The van der Waals surface area contributed by atoms with Crippen molar-refractivity contribution in [3.63, 3.8) is 0 Å². The number of piperidine rings is 1. The minimum atomic E-state index is -0.461. The minimum absolute atomic E-state index is 0.0106. The third kappa shape index (κ3) is 3.92. The van der Waals surface area contributed by atoms with Crippen molar-refractivity contribution in [1.29, 1.82) is 0 Å². The van der Waals surface area contributed by atoms with E-state index in [1.807, 2.05) is 24.7 Å². The number of halogens is 2. The highest BCUT2D eigenvalue weighted by molar-refractivity contribution is 6.30. The monoisotopic (exact) mass is 415 g/mol. The first-order valence-corrected chi connectivity index (χ1v) is 10.1. The Morgan fingerprint density at radius 2 is 2.21 bits per heavy atom. The van der Waals surface area contributed by atoms with E-state index in [1.54, 1.807) is 18.3 Å². The van der Waals surface area contributed by atoms with Crippen molar-refractivity contribution >= 4 is 34.2 Å². The molecule has 29 heavy (non-hydrogen) atoms. The number of hydrogen-bond donors (Lipinski definition) is 1. The van der Waals surface area contributed by atoms with Crippen molar-refractivity contribution in [3.8, 4) is 0 Å². The van der Waals surface area contributed by atoms with E-state index >= 15 is 0 Å². The Morgan fingerprint density at radius 1 is 1.38 bits per heavy atom. The van der Waals surface area contributed by atoms with Gasteiger partial charge in [0.2, 0.25) is 5.91 Å². The summed E-state index contributed by atoms with van der Waals surface area (Å²) in [4.78, 5) is 19.5. The largest absolute Gasteiger partial charge is 0.354 e. The molecule has 3 heterocycles. The molecule has 1 aliphatic rings. The zero-order chi connectivity index (χ0) is 20.5. The highest BCUT2D eigenvalue weighted by atomic mass is 35.5. The molecular formula is C21H23ClFN5O. The fourth-order valence-electron chi connectivity index (χ4n) is 3.98. The second-order valence-electron chi connectivity index (χ2n) is 7.49. The lowest BCUT2D eigenvalue weighted by Gasteiger charge is -2.33. The molecule has 1 aliphatic heterocycles. The van der Waals surface area contributed by atoms with Crippen LogP contribution >= 0.6 is 11.6 Å². The van der Waals surface area contributed by atoms with Gasteiger partial charge in [0.05, 0.1) is 16.6 Å². The fraction of sp³-hybridized carbons (Fsp3) is 0.381. The van der Waals surface area contributed by atoms with Gasteiger partial charge in [-0.15, -0.1) is 0 Å². The minimum Gasteiger partial charge on any atom is -0.354 e. The molecular weight excluding hydrogens is 393 g/mol. The highest BCUT2D eigenvalue weighted by Crippen LogP contribution is 2.29. The summed E-state index contributed by atoms with van der Waals surface area (Å²) in [5, 5.41) is 8.61. The fourth-order valence-corrected chi connectivity index (χ4v) is 4.18. The van der Waals surface area contributed by atoms with Crippen molar-refractivity contribution in [3.05, 3.63) is 52.6 Å². The van der Waals surface area contributed by atoms with Gasteiger partial charge in [-0.3, -0.25) is 9.48 Å². The highest BCUT2D eigenvalue weighted by Gasteiger charge is 2.28. The van der Waals surface area contributed by atoms with Gasteiger partial charge in [0.1, 0.15) is 11.3 Å². The second kappa shape index (κ2) is 7.99. The summed E-state index contributed by atoms with van der Waals surface area (Å²) in [6, 6.07) is 6.46. The number of anilines is 1. The van der Waals surface area contributed by atoms with E-state index in [2.05, 4.69) is 20.3 Å². The molecule has 4 rings (SSSR count). The summed E-state index contributed by atoms with van der Waals surface area (Å²) < 4.78 is 15.2. The van der Waals surface area contributed by atoms with E-state index in [1.165, 1.54) is 6.07 Å². The van der Waals surface area contributed by atoms with Crippen LogP contribution in [0.5, 0.6) is 0 Å². The average molecular weight is 416 g/mol. The molecule has 0 bridgehead atoms. The Labute approximate surface area is 173 Å². The third-order valence-corrected chi connectivity index (χ3v) is 5.75. The van der Waals surface area contributed by atoms with Crippen molar-refractivity contribution in [2.24, 2.45) is 13.0 Å². The number of hydrogen-bond acceptors (Lipinski definition) is 4. The normalized spacial score (nSPS) is 17.0. The van der Waals surface area contributed by atoms with Crippen LogP contribution in [0.15, 0.2) is 30.5 Å². The van der Waals surface area contributed by atoms with Gasteiger partial charge < -0.3 is 10.2 Å². The number of carbonyl (C=O) groups excluding carboxylic acids is 1.